The van der Waals surface area contributed by atoms with Gasteiger partial charge in [0.2, 0.25) is 0 Å². The highest BCUT2D eigenvalue weighted by Crippen LogP contribution is 2.40. The standard InChI is InChI=1S/C44H30N2O/c1-2-28-22-24-30(45-38-17-7-3-12-31(38)32-13-4-8-18-39(32)45)27-36(28)29-23-25-41-37(26-29)33-14-5-9-19-40(33)46(41)42-20-11-16-35-34-15-6-10-21-43(34)47-44(35)42/h3-27H,2H2,1H3. The Bertz CT molecular complexity index is 2790. The predicted molar refractivity (Wildman–Crippen MR) is 197 cm³/mol. The molecule has 10 aromatic rings. The van der Waals surface area contributed by atoms with E-state index in [4.69, 9.17) is 4.42 Å². The maximum Gasteiger partial charge on any atom is 0.159 e. The van der Waals surface area contributed by atoms with Crippen LogP contribution in [0.3, 0.4) is 0 Å². The molecule has 3 heteroatoms. The van der Waals surface area contributed by atoms with Gasteiger partial charge in [-0.15, -0.1) is 0 Å². The summed E-state index contributed by atoms with van der Waals surface area (Å²) in [4.78, 5) is 0. The summed E-state index contributed by atoms with van der Waals surface area (Å²) in [5.41, 5.74) is 12.7. The number of aryl methyl sites for hydroxylation is 1. The molecule has 0 aliphatic carbocycles. The first kappa shape index (κ1) is 26.2. The summed E-state index contributed by atoms with van der Waals surface area (Å²) >= 11 is 0. The third-order valence-corrected chi connectivity index (χ3v) is 9.92. The van der Waals surface area contributed by atoms with Gasteiger partial charge in [-0.3, -0.25) is 0 Å². The number of benzene rings is 7. The van der Waals surface area contributed by atoms with Crippen molar-refractivity contribution in [2.75, 3.05) is 0 Å². The molecule has 0 unspecified atom stereocenters. The van der Waals surface area contributed by atoms with Gasteiger partial charge in [-0.05, 0) is 77.7 Å². The lowest BCUT2D eigenvalue weighted by Crippen LogP contribution is -1.97. The average Bonchev–Trinajstić information content (AvgIpc) is 3.79. The van der Waals surface area contributed by atoms with Crippen molar-refractivity contribution in [2.24, 2.45) is 0 Å². The molecule has 3 nitrogen and oxygen atoms in total. The van der Waals surface area contributed by atoms with Gasteiger partial charge in [0.25, 0.3) is 0 Å². The maximum absolute atomic E-state index is 6.51. The Morgan fingerprint density at radius 2 is 1.06 bits per heavy atom. The van der Waals surface area contributed by atoms with Crippen molar-refractivity contribution in [1.82, 2.24) is 9.13 Å². The lowest BCUT2D eigenvalue weighted by atomic mass is 9.96. The van der Waals surface area contributed by atoms with Crippen molar-refractivity contribution in [2.45, 2.75) is 13.3 Å². The lowest BCUT2D eigenvalue weighted by molar-refractivity contribution is 0.666. The summed E-state index contributed by atoms with van der Waals surface area (Å²) in [5.74, 6) is 0. The molecule has 3 heterocycles. The van der Waals surface area contributed by atoms with E-state index in [-0.39, 0.29) is 0 Å². The Morgan fingerprint density at radius 3 is 1.79 bits per heavy atom. The van der Waals surface area contributed by atoms with Crippen LogP contribution in [0.15, 0.2) is 156 Å². The first-order valence-corrected chi connectivity index (χ1v) is 16.3. The van der Waals surface area contributed by atoms with Crippen molar-refractivity contribution in [1.29, 1.82) is 0 Å². The molecule has 10 rings (SSSR count). The molecule has 0 amide bonds. The monoisotopic (exact) mass is 602 g/mol. The predicted octanol–water partition coefficient (Wildman–Crippen LogP) is 12.0. The number of aromatic nitrogens is 2. The fourth-order valence-electron chi connectivity index (χ4n) is 7.79. The smallest absolute Gasteiger partial charge is 0.159 e. The molecule has 222 valence electrons. The van der Waals surface area contributed by atoms with E-state index in [2.05, 4.69) is 162 Å². The summed E-state index contributed by atoms with van der Waals surface area (Å²) in [6.07, 6.45) is 0.955. The molecule has 0 saturated heterocycles. The van der Waals surface area contributed by atoms with Crippen LogP contribution in [0.5, 0.6) is 0 Å². The zero-order valence-corrected chi connectivity index (χ0v) is 25.9. The number of hydrogen-bond acceptors (Lipinski definition) is 1. The normalized spacial score (nSPS) is 12.0. The second-order valence-electron chi connectivity index (χ2n) is 12.4. The van der Waals surface area contributed by atoms with Crippen LogP contribution < -0.4 is 0 Å². The minimum absolute atomic E-state index is 0.910. The Morgan fingerprint density at radius 1 is 0.468 bits per heavy atom. The van der Waals surface area contributed by atoms with Crippen LogP contribution in [0.1, 0.15) is 12.5 Å². The first-order valence-electron chi connectivity index (χ1n) is 16.3. The van der Waals surface area contributed by atoms with E-state index >= 15 is 0 Å². The van der Waals surface area contributed by atoms with Gasteiger partial charge >= 0.3 is 0 Å². The number of furan rings is 1. The van der Waals surface area contributed by atoms with Crippen molar-refractivity contribution >= 4 is 65.6 Å². The number of rotatable bonds is 4. The second kappa shape index (κ2) is 9.97. The van der Waals surface area contributed by atoms with E-state index in [1.54, 1.807) is 0 Å². The highest BCUT2D eigenvalue weighted by atomic mass is 16.3. The molecule has 0 bridgehead atoms. The third kappa shape index (κ3) is 3.74. The van der Waals surface area contributed by atoms with Crippen LogP contribution in [-0.2, 0) is 6.42 Å². The Hall–Kier alpha value is -6.06. The van der Waals surface area contributed by atoms with E-state index in [0.29, 0.717) is 0 Å². The van der Waals surface area contributed by atoms with E-state index in [1.165, 1.54) is 66.0 Å². The van der Waals surface area contributed by atoms with Crippen molar-refractivity contribution in [3.8, 4) is 22.5 Å². The van der Waals surface area contributed by atoms with Gasteiger partial charge in [-0.1, -0.05) is 104 Å². The molecular weight excluding hydrogens is 572 g/mol. The second-order valence-corrected chi connectivity index (χ2v) is 12.4. The molecule has 0 saturated carbocycles. The van der Waals surface area contributed by atoms with Crippen LogP contribution in [0.2, 0.25) is 0 Å². The number of para-hydroxylation sites is 5. The summed E-state index contributed by atoms with van der Waals surface area (Å²) in [6, 6.07) is 54.9. The maximum atomic E-state index is 6.51. The fraction of sp³-hybridized carbons (Fsp3) is 0.0455. The minimum atomic E-state index is 0.910. The van der Waals surface area contributed by atoms with Crippen LogP contribution in [0, 0.1) is 0 Å². The van der Waals surface area contributed by atoms with Crippen molar-refractivity contribution in [3.63, 3.8) is 0 Å². The Balaban J connectivity index is 1.21. The van der Waals surface area contributed by atoms with Crippen LogP contribution in [0.25, 0.3) is 88.1 Å². The molecule has 0 aliphatic rings. The van der Waals surface area contributed by atoms with E-state index in [1.807, 2.05) is 6.07 Å². The van der Waals surface area contributed by atoms with Gasteiger partial charge < -0.3 is 13.6 Å². The van der Waals surface area contributed by atoms with Crippen LogP contribution in [0.4, 0.5) is 0 Å². The lowest BCUT2D eigenvalue weighted by Gasteiger charge is -2.14. The summed E-state index contributed by atoms with van der Waals surface area (Å²) in [6.45, 7) is 2.25. The SMILES string of the molecule is CCc1ccc(-n2c3ccccc3c3ccccc32)cc1-c1ccc2c(c1)c1ccccc1n2-c1cccc2c1oc1ccccc12. The van der Waals surface area contributed by atoms with Crippen LogP contribution >= 0.6 is 0 Å². The molecular formula is C44H30N2O. The quantitative estimate of drug-likeness (QED) is 0.196. The molecule has 0 atom stereocenters. The van der Waals surface area contributed by atoms with Gasteiger partial charge in [0.15, 0.2) is 5.58 Å². The molecule has 0 radical (unpaired) electrons. The van der Waals surface area contributed by atoms with E-state index in [9.17, 15) is 0 Å². The molecule has 7 aromatic carbocycles. The van der Waals surface area contributed by atoms with E-state index in [0.717, 1.165) is 34.0 Å². The van der Waals surface area contributed by atoms with Gasteiger partial charge in [-0.25, -0.2) is 0 Å². The molecule has 47 heavy (non-hydrogen) atoms. The highest BCUT2D eigenvalue weighted by molar-refractivity contribution is 6.14. The Kier molecular flexibility index (Phi) is 5.55. The van der Waals surface area contributed by atoms with E-state index < -0.39 is 0 Å². The van der Waals surface area contributed by atoms with Crippen molar-refractivity contribution < 1.29 is 4.42 Å². The van der Waals surface area contributed by atoms with Gasteiger partial charge in [-0.2, -0.15) is 0 Å². The third-order valence-electron chi connectivity index (χ3n) is 9.92. The zero-order valence-electron chi connectivity index (χ0n) is 25.9. The molecule has 0 N–H and O–H groups in total. The fourth-order valence-corrected chi connectivity index (χ4v) is 7.79. The first-order chi connectivity index (χ1) is 23.3. The van der Waals surface area contributed by atoms with Gasteiger partial charge in [0, 0.05) is 38.0 Å². The molecule has 0 spiro atoms. The van der Waals surface area contributed by atoms with Crippen LogP contribution in [-0.4, -0.2) is 9.13 Å². The zero-order chi connectivity index (χ0) is 31.1. The van der Waals surface area contributed by atoms with Gasteiger partial charge in [0.1, 0.15) is 5.58 Å². The largest absolute Gasteiger partial charge is 0.454 e. The van der Waals surface area contributed by atoms with Gasteiger partial charge in [0.05, 0.1) is 27.8 Å². The Labute approximate surface area is 271 Å². The minimum Gasteiger partial charge on any atom is -0.454 e. The molecule has 3 aromatic heterocycles. The molecule has 0 fully saturated rings. The summed E-state index contributed by atoms with van der Waals surface area (Å²) in [7, 11) is 0. The molecule has 0 aliphatic heterocycles. The average molecular weight is 603 g/mol. The number of hydrogen-bond donors (Lipinski definition) is 0. The van der Waals surface area contributed by atoms with Crippen molar-refractivity contribution in [3.05, 3.63) is 157 Å². The summed E-state index contributed by atoms with van der Waals surface area (Å²) < 4.78 is 11.3. The number of fused-ring (bicyclic) bond motifs is 9. The number of nitrogens with zero attached hydrogens (tertiary/aromatic N) is 2. The summed E-state index contributed by atoms with van der Waals surface area (Å²) in [5, 5.41) is 7.29. The highest BCUT2D eigenvalue weighted by Gasteiger charge is 2.19. The topological polar surface area (TPSA) is 23.0 Å².